The number of likely N-dealkylation sites (tertiary alicyclic amines) is 1. The molecule has 0 aliphatic carbocycles. The van der Waals surface area contributed by atoms with Crippen molar-refractivity contribution in [1.29, 1.82) is 0 Å². The first-order valence-electron chi connectivity index (χ1n) is 7.91. The van der Waals surface area contributed by atoms with Crippen LogP contribution in [0.25, 0.3) is 0 Å². The second kappa shape index (κ2) is 6.28. The third kappa shape index (κ3) is 3.62. The summed E-state index contributed by atoms with van der Waals surface area (Å²) in [5.74, 6) is 0.816. The fourth-order valence-corrected chi connectivity index (χ4v) is 3.14. The maximum Gasteiger partial charge on any atom is 0.0320 e. The Morgan fingerprint density at radius 1 is 1.25 bits per heavy atom. The molecule has 1 saturated heterocycles. The van der Waals surface area contributed by atoms with Crippen molar-refractivity contribution in [2.24, 2.45) is 5.92 Å². The van der Waals surface area contributed by atoms with Crippen LogP contribution in [0.15, 0.2) is 24.3 Å². The monoisotopic (exact) mass is 274 g/mol. The molecule has 1 heterocycles. The summed E-state index contributed by atoms with van der Waals surface area (Å²) in [6.45, 7) is 12.8. The fraction of sp³-hybridized carbons (Fsp3) is 0.667. The van der Waals surface area contributed by atoms with Gasteiger partial charge in [-0.05, 0) is 55.9 Å². The number of hydrogen-bond acceptors (Lipinski definition) is 2. The molecule has 2 nitrogen and oxygen atoms in total. The summed E-state index contributed by atoms with van der Waals surface area (Å²) in [5.41, 5.74) is 3.11. The highest BCUT2D eigenvalue weighted by Gasteiger charge is 2.26. The van der Waals surface area contributed by atoms with Gasteiger partial charge >= 0.3 is 0 Å². The van der Waals surface area contributed by atoms with Gasteiger partial charge in [-0.25, -0.2) is 0 Å². The Kier molecular flexibility index (Phi) is 4.87. The van der Waals surface area contributed by atoms with Gasteiger partial charge in [0.1, 0.15) is 0 Å². The molecule has 1 fully saturated rings. The smallest absolute Gasteiger partial charge is 0.0320 e. The molecule has 1 aromatic rings. The van der Waals surface area contributed by atoms with Gasteiger partial charge in [0.25, 0.3) is 0 Å². The van der Waals surface area contributed by atoms with E-state index < -0.39 is 0 Å². The van der Waals surface area contributed by atoms with E-state index >= 15 is 0 Å². The second-order valence-electron chi connectivity index (χ2n) is 7.26. The average Bonchev–Trinajstić information content (AvgIpc) is 2.86. The van der Waals surface area contributed by atoms with Crippen LogP contribution in [0.1, 0.15) is 51.3 Å². The summed E-state index contributed by atoms with van der Waals surface area (Å²) in [6.07, 6.45) is 1.32. The SMILES string of the molecule is CNCC1CCN(C(C)c2ccc(C(C)(C)C)cc2)C1. The van der Waals surface area contributed by atoms with Gasteiger partial charge in [0, 0.05) is 12.6 Å². The van der Waals surface area contributed by atoms with E-state index in [-0.39, 0.29) is 5.41 Å². The summed E-state index contributed by atoms with van der Waals surface area (Å²) in [7, 11) is 2.05. The Hall–Kier alpha value is -0.860. The predicted octanol–water partition coefficient (Wildman–Crippen LogP) is 3.59. The molecule has 112 valence electrons. The average molecular weight is 274 g/mol. The third-order valence-electron chi connectivity index (χ3n) is 4.62. The normalized spacial score (nSPS) is 22.1. The van der Waals surface area contributed by atoms with E-state index in [1.165, 1.54) is 30.6 Å². The van der Waals surface area contributed by atoms with Crippen LogP contribution in [0, 0.1) is 5.92 Å². The van der Waals surface area contributed by atoms with Crippen LogP contribution in [0.4, 0.5) is 0 Å². The van der Waals surface area contributed by atoms with Gasteiger partial charge in [-0.1, -0.05) is 45.0 Å². The van der Waals surface area contributed by atoms with Gasteiger partial charge in [-0.3, -0.25) is 4.90 Å². The third-order valence-corrected chi connectivity index (χ3v) is 4.62. The van der Waals surface area contributed by atoms with Crippen LogP contribution in [-0.4, -0.2) is 31.6 Å². The van der Waals surface area contributed by atoms with Crippen molar-refractivity contribution in [2.45, 2.75) is 45.6 Å². The Balaban J connectivity index is 2.01. The number of benzene rings is 1. The molecule has 0 amide bonds. The topological polar surface area (TPSA) is 15.3 Å². The van der Waals surface area contributed by atoms with E-state index in [2.05, 4.69) is 69.2 Å². The number of rotatable bonds is 4. The zero-order valence-electron chi connectivity index (χ0n) is 13.7. The summed E-state index contributed by atoms with van der Waals surface area (Å²) in [6, 6.07) is 9.76. The number of nitrogens with one attached hydrogen (secondary N) is 1. The van der Waals surface area contributed by atoms with Crippen LogP contribution >= 0.6 is 0 Å². The molecule has 2 unspecified atom stereocenters. The van der Waals surface area contributed by atoms with E-state index in [9.17, 15) is 0 Å². The molecule has 1 aliphatic heterocycles. The quantitative estimate of drug-likeness (QED) is 0.902. The lowest BCUT2D eigenvalue weighted by molar-refractivity contribution is 0.252. The van der Waals surface area contributed by atoms with E-state index in [1.807, 2.05) is 0 Å². The van der Waals surface area contributed by atoms with Crippen molar-refractivity contribution in [3.8, 4) is 0 Å². The first-order valence-corrected chi connectivity index (χ1v) is 7.91. The van der Waals surface area contributed by atoms with E-state index in [4.69, 9.17) is 0 Å². The molecule has 1 N–H and O–H groups in total. The largest absolute Gasteiger partial charge is 0.319 e. The molecule has 2 rings (SSSR count). The summed E-state index contributed by atoms with van der Waals surface area (Å²) >= 11 is 0. The second-order valence-corrected chi connectivity index (χ2v) is 7.26. The van der Waals surface area contributed by atoms with Crippen molar-refractivity contribution in [2.75, 3.05) is 26.7 Å². The summed E-state index contributed by atoms with van der Waals surface area (Å²) < 4.78 is 0. The summed E-state index contributed by atoms with van der Waals surface area (Å²) in [4.78, 5) is 2.62. The molecule has 2 heteroatoms. The standard InChI is InChI=1S/C18H30N2/c1-14(20-11-10-15(13-20)12-19-5)16-6-8-17(9-7-16)18(2,3)4/h6-9,14-15,19H,10-13H2,1-5H3. The lowest BCUT2D eigenvalue weighted by Gasteiger charge is -2.26. The predicted molar refractivity (Wildman–Crippen MR) is 87.2 cm³/mol. The lowest BCUT2D eigenvalue weighted by atomic mass is 9.86. The van der Waals surface area contributed by atoms with E-state index in [0.717, 1.165) is 12.5 Å². The first-order chi connectivity index (χ1) is 9.41. The zero-order chi connectivity index (χ0) is 14.8. The summed E-state index contributed by atoms with van der Waals surface area (Å²) in [5, 5.41) is 3.31. The number of nitrogens with zero attached hydrogens (tertiary/aromatic N) is 1. The van der Waals surface area contributed by atoms with Crippen molar-refractivity contribution >= 4 is 0 Å². The van der Waals surface area contributed by atoms with Gasteiger partial charge in [-0.15, -0.1) is 0 Å². The minimum atomic E-state index is 0.243. The lowest BCUT2D eigenvalue weighted by Crippen LogP contribution is -2.27. The van der Waals surface area contributed by atoms with Crippen LogP contribution < -0.4 is 5.32 Å². The Morgan fingerprint density at radius 3 is 2.45 bits per heavy atom. The minimum absolute atomic E-state index is 0.243. The van der Waals surface area contributed by atoms with Gasteiger partial charge in [-0.2, -0.15) is 0 Å². The van der Waals surface area contributed by atoms with Crippen LogP contribution in [-0.2, 0) is 5.41 Å². The van der Waals surface area contributed by atoms with E-state index in [1.54, 1.807) is 0 Å². The maximum atomic E-state index is 3.31. The van der Waals surface area contributed by atoms with Crippen LogP contribution in [0.3, 0.4) is 0 Å². The molecule has 1 aliphatic rings. The molecule has 1 aromatic carbocycles. The molecular weight excluding hydrogens is 244 g/mol. The van der Waals surface area contributed by atoms with Gasteiger partial charge in [0.15, 0.2) is 0 Å². The molecule has 0 radical (unpaired) electrons. The molecule has 0 bridgehead atoms. The molecule has 2 atom stereocenters. The Bertz CT molecular complexity index is 416. The fourth-order valence-electron chi connectivity index (χ4n) is 3.14. The maximum absolute atomic E-state index is 3.31. The van der Waals surface area contributed by atoms with E-state index in [0.29, 0.717) is 6.04 Å². The van der Waals surface area contributed by atoms with Gasteiger partial charge in [0.05, 0.1) is 0 Å². The molecule has 20 heavy (non-hydrogen) atoms. The first kappa shape index (κ1) is 15.5. The van der Waals surface area contributed by atoms with Gasteiger partial charge < -0.3 is 5.32 Å². The van der Waals surface area contributed by atoms with Crippen molar-refractivity contribution < 1.29 is 0 Å². The van der Waals surface area contributed by atoms with Crippen molar-refractivity contribution in [1.82, 2.24) is 10.2 Å². The zero-order valence-corrected chi connectivity index (χ0v) is 13.7. The molecule has 0 spiro atoms. The van der Waals surface area contributed by atoms with Crippen LogP contribution in [0.5, 0.6) is 0 Å². The highest BCUT2D eigenvalue weighted by atomic mass is 15.2. The van der Waals surface area contributed by atoms with Crippen LogP contribution in [0.2, 0.25) is 0 Å². The highest BCUT2D eigenvalue weighted by Crippen LogP contribution is 2.29. The minimum Gasteiger partial charge on any atom is -0.319 e. The molecular formula is C18H30N2. The Labute approximate surface area is 124 Å². The van der Waals surface area contributed by atoms with Gasteiger partial charge in [0.2, 0.25) is 0 Å². The molecule has 0 saturated carbocycles. The Morgan fingerprint density at radius 2 is 1.90 bits per heavy atom. The highest BCUT2D eigenvalue weighted by molar-refractivity contribution is 5.29. The number of hydrogen-bond donors (Lipinski definition) is 1. The van der Waals surface area contributed by atoms with Crippen molar-refractivity contribution in [3.63, 3.8) is 0 Å². The van der Waals surface area contributed by atoms with Crippen molar-refractivity contribution in [3.05, 3.63) is 35.4 Å². The molecule has 0 aromatic heterocycles.